The molecule has 0 aliphatic carbocycles. The van der Waals surface area contributed by atoms with Gasteiger partial charge in [0.25, 0.3) is 0 Å². The molecule has 35 heavy (non-hydrogen) atoms. The molecule has 3 aromatic rings. The number of aromatic nitrogens is 2. The van der Waals surface area contributed by atoms with Gasteiger partial charge < -0.3 is 25.8 Å². The molecule has 1 fully saturated rings. The molecule has 184 valence electrons. The Morgan fingerprint density at radius 3 is 2.66 bits per heavy atom. The first-order valence-corrected chi connectivity index (χ1v) is 11.5. The Bertz CT molecular complexity index is 1230. The van der Waals surface area contributed by atoms with Crippen LogP contribution in [0.25, 0.3) is 11.3 Å². The minimum absolute atomic E-state index is 0.0327. The highest BCUT2D eigenvalue weighted by molar-refractivity contribution is 5.76. The van der Waals surface area contributed by atoms with Gasteiger partial charge in [0.2, 0.25) is 5.88 Å². The predicted octanol–water partition coefficient (Wildman–Crippen LogP) is 3.25. The molecule has 4 N–H and O–H groups in total. The summed E-state index contributed by atoms with van der Waals surface area (Å²) >= 11 is 0. The van der Waals surface area contributed by atoms with Crippen LogP contribution in [0.3, 0.4) is 0 Å². The highest BCUT2D eigenvalue weighted by Gasteiger charge is 2.34. The number of hydrogen-bond donors (Lipinski definition) is 3. The van der Waals surface area contributed by atoms with Crippen molar-refractivity contribution in [2.75, 3.05) is 29.9 Å². The summed E-state index contributed by atoms with van der Waals surface area (Å²) in [5, 5.41) is 13.6. The van der Waals surface area contributed by atoms with E-state index in [9.17, 15) is 18.3 Å². The summed E-state index contributed by atoms with van der Waals surface area (Å²) in [6.07, 6.45) is 1.75. The first kappa shape index (κ1) is 23.4. The molecule has 7 nitrogen and oxygen atoms in total. The zero-order valence-corrected chi connectivity index (χ0v) is 19.1. The van der Waals surface area contributed by atoms with Crippen molar-refractivity contribution in [2.45, 2.75) is 32.0 Å². The Morgan fingerprint density at radius 2 is 1.91 bits per heavy atom. The van der Waals surface area contributed by atoms with Crippen LogP contribution in [0.1, 0.15) is 18.2 Å². The average Bonchev–Trinajstić information content (AvgIpc) is 3.31. The minimum Gasteiger partial charge on any atom is -0.477 e. The summed E-state index contributed by atoms with van der Waals surface area (Å²) in [7, 11) is 0. The van der Waals surface area contributed by atoms with Crippen molar-refractivity contribution in [1.82, 2.24) is 9.97 Å². The van der Waals surface area contributed by atoms with E-state index in [0.717, 1.165) is 29.4 Å². The summed E-state index contributed by atoms with van der Waals surface area (Å²) in [6.45, 7) is 3.70. The average molecular weight is 486 g/mol. The van der Waals surface area contributed by atoms with Crippen molar-refractivity contribution >= 4 is 11.4 Å². The Kier molecular flexibility index (Phi) is 6.24. The zero-order valence-electron chi connectivity index (χ0n) is 19.1. The SMILES string of the molecule is C[C@H]1CN(c2c(NCc3ccc(F)c(-c4c(F)cccc4F)n3)cnc3c2CCO3)CC(N)[C@@H]1O. The quantitative estimate of drug-likeness (QED) is 0.511. The lowest BCUT2D eigenvalue weighted by molar-refractivity contribution is 0.0785. The summed E-state index contributed by atoms with van der Waals surface area (Å²) in [6, 6.07) is 5.55. The standard InChI is InChI=1S/C25H26F3N5O2/c1-13-11-33(12-19(29)24(13)34)23-15-7-8-35-25(15)31-10-20(23)30-9-14-5-6-18(28)22(32-14)21-16(26)3-2-4-17(21)27/h2-6,10,13,19,24,30,34H,7-9,11-12,29H2,1H3/t13-,19?,24+/m0/s1. The fraction of sp³-hybridized carbons (Fsp3) is 0.360. The van der Waals surface area contributed by atoms with E-state index >= 15 is 0 Å². The molecule has 2 aromatic heterocycles. The topological polar surface area (TPSA) is 96.5 Å². The van der Waals surface area contributed by atoms with Crippen LogP contribution in [0.15, 0.2) is 36.5 Å². The molecule has 0 radical (unpaired) electrons. The smallest absolute Gasteiger partial charge is 0.218 e. The molecule has 0 bridgehead atoms. The Morgan fingerprint density at radius 1 is 1.14 bits per heavy atom. The number of fused-ring (bicyclic) bond motifs is 1. The van der Waals surface area contributed by atoms with Gasteiger partial charge in [0.05, 0.1) is 48.1 Å². The lowest BCUT2D eigenvalue weighted by Crippen LogP contribution is -2.56. The lowest BCUT2D eigenvalue weighted by Gasteiger charge is -2.41. The summed E-state index contributed by atoms with van der Waals surface area (Å²) < 4.78 is 48.6. The molecule has 1 unspecified atom stereocenters. The van der Waals surface area contributed by atoms with Gasteiger partial charge in [-0.25, -0.2) is 23.1 Å². The molecule has 5 rings (SSSR count). The maximum atomic E-state index is 14.5. The molecule has 4 heterocycles. The van der Waals surface area contributed by atoms with Gasteiger partial charge in [0, 0.05) is 37.0 Å². The van der Waals surface area contributed by atoms with Crippen LogP contribution in [-0.2, 0) is 13.0 Å². The number of aliphatic hydroxyl groups excluding tert-OH is 1. The minimum atomic E-state index is -0.885. The van der Waals surface area contributed by atoms with Gasteiger partial charge in [0.1, 0.15) is 23.1 Å². The van der Waals surface area contributed by atoms with Crippen molar-refractivity contribution in [3.8, 4) is 17.1 Å². The maximum Gasteiger partial charge on any atom is 0.218 e. The van der Waals surface area contributed by atoms with E-state index in [1.54, 1.807) is 6.20 Å². The number of benzene rings is 1. The van der Waals surface area contributed by atoms with Crippen molar-refractivity contribution in [3.63, 3.8) is 0 Å². The number of nitrogens with one attached hydrogen (secondary N) is 1. The lowest BCUT2D eigenvalue weighted by atomic mass is 9.92. The molecule has 2 aliphatic rings. The molecule has 0 amide bonds. The first-order valence-electron chi connectivity index (χ1n) is 11.5. The monoisotopic (exact) mass is 485 g/mol. The van der Waals surface area contributed by atoms with E-state index in [-0.39, 0.29) is 18.2 Å². The van der Waals surface area contributed by atoms with Crippen LogP contribution in [0.2, 0.25) is 0 Å². The molecule has 1 aromatic carbocycles. The number of aliphatic hydroxyl groups is 1. The van der Waals surface area contributed by atoms with Crippen LogP contribution >= 0.6 is 0 Å². The van der Waals surface area contributed by atoms with Crippen LogP contribution in [-0.4, -0.2) is 46.9 Å². The summed E-state index contributed by atoms with van der Waals surface area (Å²) in [4.78, 5) is 10.7. The molecule has 1 saturated heterocycles. The number of piperidine rings is 1. The number of nitrogens with two attached hydrogens (primary N) is 1. The van der Waals surface area contributed by atoms with Gasteiger partial charge in [0.15, 0.2) is 0 Å². The van der Waals surface area contributed by atoms with Crippen LogP contribution in [0, 0.1) is 23.4 Å². The van der Waals surface area contributed by atoms with Crippen LogP contribution in [0.5, 0.6) is 5.88 Å². The third-order valence-corrected chi connectivity index (χ3v) is 6.54. The first-order chi connectivity index (χ1) is 16.8. The number of halogens is 3. The maximum absolute atomic E-state index is 14.5. The second-order valence-electron chi connectivity index (χ2n) is 9.02. The third kappa shape index (κ3) is 4.39. The number of rotatable bonds is 5. The van der Waals surface area contributed by atoms with E-state index < -0.39 is 35.2 Å². The summed E-state index contributed by atoms with van der Waals surface area (Å²) in [5.74, 6) is -2.05. The highest BCUT2D eigenvalue weighted by Crippen LogP contribution is 2.40. The molecule has 0 spiro atoms. The molecular formula is C25H26F3N5O2. The number of anilines is 2. The van der Waals surface area contributed by atoms with E-state index in [0.29, 0.717) is 43.4 Å². The largest absolute Gasteiger partial charge is 0.477 e. The number of hydrogen-bond acceptors (Lipinski definition) is 7. The Labute approximate surface area is 200 Å². The van der Waals surface area contributed by atoms with Crippen molar-refractivity contribution < 1.29 is 23.0 Å². The van der Waals surface area contributed by atoms with Gasteiger partial charge in [-0.1, -0.05) is 13.0 Å². The zero-order chi connectivity index (χ0) is 24.7. The van der Waals surface area contributed by atoms with Crippen LogP contribution in [0.4, 0.5) is 24.5 Å². The van der Waals surface area contributed by atoms with E-state index in [4.69, 9.17) is 10.5 Å². The van der Waals surface area contributed by atoms with Crippen molar-refractivity contribution in [2.24, 2.45) is 11.7 Å². The van der Waals surface area contributed by atoms with Crippen molar-refractivity contribution in [3.05, 3.63) is 65.2 Å². The van der Waals surface area contributed by atoms with Gasteiger partial charge in [-0.2, -0.15) is 0 Å². The van der Waals surface area contributed by atoms with E-state index in [1.807, 2.05) is 6.92 Å². The molecule has 3 atom stereocenters. The fourth-order valence-corrected chi connectivity index (χ4v) is 4.78. The molecular weight excluding hydrogens is 459 g/mol. The van der Waals surface area contributed by atoms with Gasteiger partial charge in [-0.3, -0.25) is 0 Å². The number of ether oxygens (including phenoxy) is 1. The second-order valence-corrected chi connectivity index (χ2v) is 9.02. The Hall–Kier alpha value is -3.37. The Balaban J connectivity index is 1.45. The van der Waals surface area contributed by atoms with Gasteiger partial charge in [-0.15, -0.1) is 0 Å². The predicted molar refractivity (Wildman–Crippen MR) is 126 cm³/mol. The normalized spacial score (nSPS) is 21.5. The molecule has 2 aliphatic heterocycles. The fourth-order valence-electron chi connectivity index (χ4n) is 4.78. The third-order valence-electron chi connectivity index (χ3n) is 6.54. The van der Waals surface area contributed by atoms with E-state index in [2.05, 4.69) is 20.2 Å². The van der Waals surface area contributed by atoms with E-state index in [1.165, 1.54) is 12.1 Å². The van der Waals surface area contributed by atoms with Crippen molar-refractivity contribution in [1.29, 1.82) is 0 Å². The number of nitrogens with zero attached hydrogens (tertiary/aromatic N) is 3. The number of pyridine rings is 2. The van der Waals surface area contributed by atoms with Gasteiger partial charge >= 0.3 is 0 Å². The molecule has 10 heteroatoms. The second kappa shape index (κ2) is 9.35. The van der Waals surface area contributed by atoms with Gasteiger partial charge in [-0.05, 0) is 24.3 Å². The van der Waals surface area contributed by atoms with Crippen LogP contribution < -0.4 is 20.7 Å². The summed E-state index contributed by atoms with van der Waals surface area (Å²) in [5.41, 5.74) is 8.26. The molecule has 0 saturated carbocycles. The highest BCUT2D eigenvalue weighted by atomic mass is 19.1.